The minimum absolute atomic E-state index is 0. The summed E-state index contributed by atoms with van der Waals surface area (Å²) in [4.78, 5) is 0. The highest BCUT2D eigenvalue weighted by Gasteiger charge is 2.12. The second-order valence-electron chi connectivity index (χ2n) is 5.09. The van der Waals surface area contributed by atoms with E-state index in [0.29, 0.717) is 0 Å². The lowest BCUT2D eigenvalue weighted by Gasteiger charge is -2.07. The van der Waals surface area contributed by atoms with Crippen molar-refractivity contribution in [3.8, 4) is 0 Å². The summed E-state index contributed by atoms with van der Waals surface area (Å²) in [5.41, 5.74) is 6.29. The molecule has 27 heavy (non-hydrogen) atoms. The molecule has 0 unspecified atom stereocenters. The topological polar surface area (TPSA) is 0 Å². The first kappa shape index (κ1) is 36.4. The molecule has 3 rings (SSSR count). The van der Waals surface area contributed by atoms with E-state index in [1.54, 1.807) is 22.3 Å². The summed E-state index contributed by atoms with van der Waals surface area (Å²) in [5, 5.41) is 0. The van der Waals surface area contributed by atoms with Crippen molar-refractivity contribution in [2.45, 2.75) is 103 Å². The van der Waals surface area contributed by atoms with E-state index in [4.69, 9.17) is 0 Å². The van der Waals surface area contributed by atoms with E-state index in [1.807, 2.05) is 41.5 Å². The molecule has 0 heterocycles. The van der Waals surface area contributed by atoms with Gasteiger partial charge in [0.1, 0.15) is 0 Å². The van der Waals surface area contributed by atoms with Gasteiger partial charge in [-0.15, -0.1) is 0 Å². The maximum absolute atomic E-state index is 2.33. The van der Waals surface area contributed by atoms with Crippen molar-refractivity contribution in [1.29, 1.82) is 0 Å². The zero-order valence-electron chi connectivity index (χ0n) is 16.2. The Hall–Kier alpha value is -1.56. The van der Waals surface area contributed by atoms with Gasteiger partial charge < -0.3 is 0 Å². The molecule has 160 valence electrons. The zero-order chi connectivity index (χ0) is 17.5. The molecule has 0 aromatic rings. The molecule has 0 atom stereocenters. The molecule has 0 N–H and O–H groups in total. The van der Waals surface area contributed by atoms with Crippen molar-refractivity contribution in [2.24, 2.45) is 0 Å². The molecular weight excluding hydrogens is 324 g/mol. The fourth-order valence-electron chi connectivity index (χ4n) is 2.72. The van der Waals surface area contributed by atoms with Crippen molar-refractivity contribution in [3.05, 3.63) is 70.9 Å². The van der Waals surface area contributed by atoms with Crippen LogP contribution in [0.15, 0.2) is 70.9 Å². The molecule has 0 aliphatic heterocycles. The van der Waals surface area contributed by atoms with Crippen LogP contribution in [-0.2, 0) is 0 Å². The summed E-state index contributed by atoms with van der Waals surface area (Å²) >= 11 is 0. The Morgan fingerprint density at radius 2 is 0.852 bits per heavy atom. The van der Waals surface area contributed by atoms with E-state index in [-0.39, 0.29) is 29.7 Å². The maximum Gasteiger partial charge on any atom is -0.00958 e. The largest absolute Gasteiger partial charge is 0.0804 e. The van der Waals surface area contributed by atoms with E-state index in [2.05, 4.69) is 48.6 Å². The molecule has 0 saturated carbocycles. The zero-order valence-corrected chi connectivity index (χ0v) is 16.2. The van der Waals surface area contributed by atoms with Crippen LogP contribution in [0.4, 0.5) is 0 Å². The van der Waals surface area contributed by atoms with Gasteiger partial charge in [-0.25, -0.2) is 0 Å². The van der Waals surface area contributed by atoms with Gasteiger partial charge in [0.25, 0.3) is 0 Å². The highest BCUT2D eigenvalue weighted by Crippen LogP contribution is 2.31. The van der Waals surface area contributed by atoms with Gasteiger partial charge in [-0.05, 0) is 32.1 Å². The number of allylic oxidation sites excluding steroid dienone is 12. The van der Waals surface area contributed by atoms with E-state index >= 15 is 0 Å². The minimum atomic E-state index is 0. The van der Waals surface area contributed by atoms with E-state index < -0.39 is 0 Å². The van der Waals surface area contributed by atoms with E-state index in [9.17, 15) is 0 Å². The van der Waals surface area contributed by atoms with Gasteiger partial charge in [0.2, 0.25) is 0 Å². The van der Waals surface area contributed by atoms with Gasteiger partial charge in [0.15, 0.2) is 0 Å². The summed E-state index contributed by atoms with van der Waals surface area (Å²) in [6, 6.07) is 0. The minimum Gasteiger partial charge on any atom is -0.0804 e. The Kier molecular flexibility index (Phi) is 32.9. The van der Waals surface area contributed by atoms with Crippen LogP contribution in [0.25, 0.3) is 0 Å². The molecule has 0 nitrogen and oxygen atoms in total. The molecule has 0 amide bonds. The standard InChI is InChI=1S/C17H18.3C2H6.4CH4/c1-2-6-14(5-1)11-16-9-10-17(13-16)12-15-7-3-4-8-15;3*1-2;;;;/h1-5,7,9-10H,6,8,11-13H2;3*1-2H3;4*1H4. The Labute approximate surface area is 174 Å². The fraction of sp³-hybridized carbons (Fsp3) is 0.556. The predicted molar refractivity (Wildman–Crippen MR) is 135 cm³/mol. The lowest BCUT2D eigenvalue weighted by atomic mass is 9.98. The number of hydrogen-bond acceptors (Lipinski definition) is 0. The quantitative estimate of drug-likeness (QED) is 0.457. The summed E-state index contributed by atoms with van der Waals surface area (Å²) in [7, 11) is 0. The van der Waals surface area contributed by atoms with Gasteiger partial charge in [-0.1, -0.05) is 142 Å². The Bertz CT molecular complexity index is 444. The summed E-state index contributed by atoms with van der Waals surface area (Å²) < 4.78 is 0. The van der Waals surface area contributed by atoms with Crippen molar-refractivity contribution < 1.29 is 0 Å². The third-order valence-electron chi connectivity index (χ3n) is 3.61. The van der Waals surface area contributed by atoms with Gasteiger partial charge in [-0.3, -0.25) is 0 Å². The van der Waals surface area contributed by atoms with Crippen LogP contribution >= 0.6 is 0 Å². The first-order valence-electron chi connectivity index (χ1n) is 9.47. The normalized spacial score (nSPS) is 14.3. The molecule has 0 heteroatoms. The van der Waals surface area contributed by atoms with E-state index in [1.165, 1.54) is 19.3 Å². The Morgan fingerprint density at radius 1 is 0.519 bits per heavy atom. The number of rotatable bonds is 4. The Morgan fingerprint density at radius 3 is 1.11 bits per heavy atom. The molecule has 0 aromatic carbocycles. The number of hydrogen-bond donors (Lipinski definition) is 0. The fourth-order valence-corrected chi connectivity index (χ4v) is 2.72. The van der Waals surface area contributed by atoms with Crippen molar-refractivity contribution in [3.63, 3.8) is 0 Å². The van der Waals surface area contributed by atoms with E-state index in [0.717, 1.165) is 12.8 Å². The average Bonchev–Trinajstić information content (AvgIpc) is 3.38. The maximum atomic E-state index is 2.33. The molecule has 3 aliphatic carbocycles. The summed E-state index contributed by atoms with van der Waals surface area (Å²) in [6.45, 7) is 12.0. The highest BCUT2D eigenvalue weighted by atomic mass is 14.2. The molecular formula is C27H52. The van der Waals surface area contributed by atoms with Gasteiger partial charge >= 0.3 is 0 Å². The molecule has 0 radical (unpaired) electrons. The summed E-state index contributed by atoms with van der Waals surface area (Å²) in [5.74, 6) is 0. The molecule has 0 aromatic heterocycles. The molecule has 3 aliphatic rings. The second-order valence-corrected chi connectivity index (χ2v) is 5.09. The average molecular weight is 377 g/mol. The summed E-state index contributed by atoms with van der Waals surface area (Å²) in [6.07, 6.45) is 23.9. The molecule has 0 spiro atoms. The SMILES string of the molecule is C.C.C.C.C1=CCC(CC2=CC=C(CC3=CC=CC3)C2)=C1.CC.CC.CC. The molecule has 0 bridgehead atoms. The second kappa shape index (κ2) is 24.4. The lowest BCUT2D eigenvalue weighted by Crippen LogP contribution is -1.88. The van der Waals surface area contributed by atoms with Crippen molar-refractivity contribution in [1.82, 2.24) is 0 Å². The van der Waals surface area contributed by atoms with Gasteiger partial charge in [-0.2, -0.15) is 0 Å². The van der Waals surface area contributed by atoms with Gasteiger partial charge in [0.05, 0.1) is 0 Å². The van der Waals surface area contributed by atoms with Crippen LogP contribution in [0.3, 0.4) is 0 Å². The van der Waals surface area contributed by atoms with Crippen LogP contribution in [-0.4, -0.2) is 0 Å². The van der Waals surface area contributed by atoms with Crippen molar-refractivity contribution in [2.75, 3.05) is 0 Å². The van der Waals surface area contributed by atoms with Gasteiger partial charge in [0, 0.05) is 0 Å². The van der Waals surface area contributed by atoms with Crippen LogP contribution in [0.5, 0.6) is 0 Å². The smallest absolute Gasteiger partial charge is 0.00958 e. The monoisotopic (exact) mass is 376 g/mol. The first-order valence-corrected chi connectivity index (χ1v) is 9.47. The van der Waals surface area contributed by atoms with Crippen LogP contribution in [0, 0.1) is 0 Å². The van der Waals surface area contributed by atoms with Crippen LogP contribution in [0.1, 0.15) is 103 Å². The van der Waals surface area contributed by atoms with Crippen LogP contribution < -0.4 is 0 Å². The first-order chi connectivity index (χ1) is 11.4. The third-order valence-corrected chi connectivity index (χ3v) is 3.61. The Balaban J connectivity index is -0.000000148. The predicted octanol–water partition coefficient (Wildman–Crippen LogP) is 10.4. The van der Waals surface area contributed by atoms with Crippen molar-refractivity contribution >= 4 is 0 Å². The lowest BCUT2D eigenvalue weighted by molar-refractivity contribution is 0.954. The third kappa shape index (κ3) is 14.2. The molecule has 0 fully saturated rings. The molecule has 0 saturated heterocycles. The van der Waals surface area contributed by atoms with Crippen LogP contribution in [0.2, 0.25) is 0 Å². The highest BCUT2D eigenvalue weighted by molar-refractivity contribution is 5.39.